The Kier molecular flexibility index (Phi) is 7.16. The number of urea groups is 1. The van der Waals surface area contributed by atoms with E-state index in [1.54, 1.807) is 14.2 Å². The Morgan fingerprint density at radius 3 is 2.52 bits per heavy atom. The maximum Gasteiger partial charge on any atom is 0.315 e. The molecule has 0 saturated carbocycles. The van der Waals surface area contributed by atoms with E-state index in [1.165, 1.54) is 19.3 Å². The maximum absolute atomic E-state index is 12.3. The first kappa shape index (κ1) is 20.8. The third kappa shape index (κ3) is 5.53. The second kappa shape index (κ2) is 10.0. The molecule has 1 atom stereocenters. The highest BCUT2D eigenvalue weighted by Crippen LogP contribution is 2.29. The lowest BCUT2D eigenvalue weighted by atomic mass is 10.1. The van der Waals surface area contributed by atoms with Crippen molar-refractivity contribution in [3.63, 3.8) is 0 Å². The van der Waals surface area contributed by atoms with Gasteiger partial charge in [0.1, 0.15) is 5.82 Å². The zero-order valence-electron chi connectivity index (χ0n) is 17.4. The van der Waals surface area contributed by atoms with E-state index < -0.39 is 0 Å². The van der Waals surface area contributed by atoms with Crippen molar-refractivity contribution in [1.82, 2.24) is 15.6 Å². The monoisotopic (exact) mass is 398 g/mol. The van der Waals surface area contributed by atoms with Crippen molar-refractivity contribution in [2.24, 2.45) is 0 Å². The predicted octanol–water partition coefficient (Wildman–Crippen LogP) is 3.65. The molecule has 1 aliphatic rings. The molecule has 0 radical (unpaired) electrons. The van der Waals surface area contributed by atoms with Crippen LogP contribution in [-0.2, 0) is 6.54 Å². The topological polar surface area (TPSA) is 75.7 Å². The van der Waals surface area contributed by atoms with Crippen LogP contribution in [0.3, 0.4) is 0 Å². The molecular formula is C22H30N4O3. The number of methoxy groups -OCH3 is 2. The first-order valence-corrected chi connectivity index (χ1v) is 10.1. The molecule has 2 amide bonds. The Balaban J connectivity index is 1.50. The number of nitrogens with one attached hydrogen (secondary N) is 2. The van der Waals surface area contributed by atoms with E-state index in [0.717, 1.165) is 30.0 Å². The van der Waals surface area contributed by atoms with E-state index in [-0.39, 0.29) is 12.1 Å². The first-order valence-electron chi connectivity index (χ1n) is 10.1. The summed E-state index contributed by atoms with van der Waals surface area (Å²) in [5, 5.41) is 5.83. The minimum atomic E-state index is -0.229. The number of carbonyl (C=O) groups is 1. The molecule has 1 aliphatic heterocycles. The van der Waals surface area contributed by atoms with Gasteiger partial charge in [0.05, 0.1) is 20.3 Å². The number of carbonyl (C=O) groups excluding carboxylic acids is 1. The van der Waals surface area contributed by atoms with Crippen LogP contribution in [0.15, 0.2) is 36.5 Å². The number of anilines is 1. The number of hydrogen-bond acceptors (Lipinski definition) is 5. The average molecular weight is 399 g/mol. The van der Waals surface area contributed by atoms with Crippen molar-refractivity contribution in [3.8, 4) is 11.5 Å². The van der Waals surface area contributed by atoms with Crippen LogP contribution in [0, 0.1) is 0 Å². The van der Waals surface area contributed by atoms with Crippen molar-refractivity contribution in [2.45, 2.75) is 38.8 Å². The molecular weight excluding hydrogens is 368 g/mol. The quantitative estimate of drug-likeness (QED) is 0.745. The molecule has 2 aromatic rings. The van der Waals surface area contributed by atoms with Gasteiger partial charge in [-0.25, -0.2) is 9.78 Å². The molecule has 1 unspecified atom stereocenters. The maximum atomic E-state index is 12.3. The Hall–Kier alpha value is -2.96. The molecule has 1 aromatic heterocycles. The van der Waals surface area contributed by atoms with Crippen molar-refractivity contribution < 1.29 is 14.3 Å². The van der Waals surface area contributed by atoms with Gasteiger partial charge in [-0.1, -0.05) is 12.1 Å². The van der Waals surface area contributed by atoms with Gasteiger partial charge in [-0.15, -0.1) is 0 Å². The van der Waals surface area contributed by atoms with Gasteiger partial charge < -0.3 is 25.0 Å². The van der Waals surface area contributed by atoms with Gasteiger partial charge in [0, 0.05) is 25.8 Å². The summed E-state index contributed by atoms with van der Waals surface area (Å²) in [5.74, 6) is 2.31. The molecule has 1 fully saturated rings. The third-order valence-corrected chi connectivity index (χ3v) is 5.20. The molecule has 7 heteroatoms. The Morgan fingerprint density at radius 2 is 1.86 bits per heavy atom. The Labute approximate surface area is 172 Å². The first-order chi connectivity index (χ1) is 14.1. The van der Waals surface area contributed by atoms with E-state index in [2.05, 4.69) is 20.5 Å². The number of piperidine rings is 1. The van der Waals surface area contributed by atoms with Gasteiger partial charge in [-0.2, -0.15) is 0 Å². The summed E-state index contributed by atoms with van der Waals surface area (Å²) in [6, 6.07) is 9.27. The van der Waals surface area contributed by atoms with Crippen LogP contribution < -0.4 is 25.0 Å². The summed E-state index contributed by atoms with van der Waals surface area (Å²) in [4.78, 5) is 19.2. The van der Waals surface area contributed by atoms with Gasteiger partial charge >= 0.3 is 6.03 Å². The van der Waals surface area contributed by atoms with E-state index in [0.29, 0.717) is 18.0 Å². The number of hydrogen-bond donors (Lipinski definition) is 2. The van der Waals surface area contributed by atoms with E-state index >= 15 is 0 Å². The smallest absolute Gasteiger partial charge is 0.315 e. The van der Waals surface area contributed by atoms with Crippen molar-refractivity contribution in [1.29, 1.82) is 0 Å². The van der Waals surface area contributed by atoms with Crippen LogP contribution in [0.25, 0.3) is 0 Å². The van der Waals surface area contributed by atoms with E-state index in [4.69, 9.17) is 9.47 Å². The van der Waals surface area contributed by atoms with Gasteiger partial charge in [0.2, 0.25) is 0 Å². The Bertz CT molecular complexity index is 804. The summed E-state index contributed by atoms with van der Waals surface area (Å²) in [6.07, 6.45) is 5.59. The molecule has 2 heterocycles. The lowest BCUT2D eigenvalue weighted by molar-refractivity contribution is 0.237. The highest BCUT2D eigenvalue weighted by atomic mass is 16.5. The average Bonchev–Trinajstić information content (AvgIpc) is 2.78. The number of amides is 2. The van der Waals surface area contributed by atoms with E-state index in [1.807, 2.05) is 43.5 Å². The molecule has 0 bridgehead atoms. The number of aromatic nitrogens is 1. The summed E-state index contributed by atoms with van der Waals surface area (Å²) < 4.78 is 10.6. The molecule has 0 spiro atoms. The van der Waals surface area contributed by atoms with Crippen molar-refractivity contribution in [2.75, 3.05) is 32.2 Å². The SMILES string of the molecule is COc1ccc(C(C)NC(=O)NCc2ccc(N3CCCCC3)nc2)cc1OC. The summed E-state index contributed by atoms with van der Waals surface area (Å²) >= 11 is 0. The van der Waals surface area contributed by atoms with Crippen LogP contribution in [0.5, 0.6) is 11.5 Å². The predicted molar refractivity (Wildman–Crippen MR) is 114 cm³/mol. The normalized spacial score (nSPS) is 14.8. The number of nitrogens with zero attached hydrogens (tertiary/aromatic N) is 2. The summed E-state index contributed by atoms with van der Waals surface area (Å²) in [5.41, 5.74) is 1.91. The number of benzene rings is 1. The fraction of sp³-hybridized carbons (Fsp3) is 0.455. The minimum absolute atomic E-state index is 0.172. The van der Waals surface area contributed by atoms with Crippen LogP contribution in [0.2, 0.25) is 0 Å². The molecule has 29 heavy (non-hydrogen) atoms. The molecule has 1 saturated heterocycles. The second-order valence-corrected chi connectivity index (χ2v) is 7.24. The molecule has 7 nitrogen and oxygen atoms in total. The second-order valence-electron chi connectivity index (χ2n) is 7.24. The van der Waals surface area contributed by atoms with E-state index in [9.17, 15) is 4.79 Å². The highest BCUT2D eigenvalue weighted by Gasteiger charge is 2.14. The molecule has 0 aliphatic carbocycles. The Morgan fingerprint density at radius 1 is 1.10 bits per heavy atom. The standard InChI is InChI=1S/C22H30N4O3/c1-16(18-8-9-19(28-2)20(13-18)29-3)25-22(27)24-15-17-7-10-21(23-14-17)26-11-5-4-6-12-26/h7-10,13-14,16H,4-6,11-12,15H2,1-3H3,(H2,24,25,27). The lowest BCUT2D eigenvalue weighted by Gasteiger charge is -2.27. The molecule has 156 valence electrons. The van der Waals surface area contributed by atoms with Crippen LogP contribution in [0.4, 0.5) is 10.6 Å². The zero-order chi connectivity index (χ0) is 20.6. The van der Waals surface area contributed by atoms with Gasteiger partial charge in [0.25, 0.3) is 0 Å². The van der Waals surface area contributed by atoms with Crippen molar-refractivity contribution in [3.05, 3.63) is 47.7 Å². The van der Waals surface area contributed by atoms with Crippen LogP contribution >= 0.6 is 0 Å². The minimum Gasteiger partial charge on any atom is -0.493 e. The highest BCUT2D eigenvalue weighted by molar-refractivity contribution is 5.74. The van der Waals surface area contributed by atoms with Crippen LogP contribution in [0.1, 0.15) is 43.4 Å². The number of pyridine rings is 1. The molecule has 3 rings (SSSR count). The third-order valence-electron chi connectivity index (χ3n) is 5.20. The summed E-state index contributed by atoms with van der Waals surface area (Å²) in [7, 11) is 3.19. The zero-order valence-corrected chi connectivity index (χ0v) is 17.4. The van der Waals surface area contributed by atoms with Crippen molar-refractivity contribution >= 4 is 11.8 Å². The largest absolute Gasteiger partial charge is 0.493 e. The van der Waals surface area contributed by atoms with Gasteiger partial charge in [-0.3, -0.25) is 0 Å². The lowest BCUT2D eigenvalue weighted by Crippen LogP contribution is -2.36. The van der Waals surface area contributed by atoms with Gasteiger partial charge in [0.15, 0.2) is 11.5 Å². The summed E-state index contributed by atoms with van der Waals surface area (Å²) in [6.45, 7) is 4.50. The number of ether oxygens (including phenoxy) is 2. The number of rotatable bonds is 7. The molecule has 1 aromatic carbocycles. The van der Waals surface area contributed by atoms with Gasteiger partial charge in [-0.05, 0) is 55.5 Å². The molecule has 2 N–H and O–H groups in total. The van der Waals surface area contributed by atoms with Crippen LogP contribution in [-0.4, -0.2) is 38.3 Å². The fourth-order valence-electron chi connectivity index (χ4n) is 3.47. The fourth-order valence-corrected chi connectivity index (χ4v) is 3.47.